The molecule has 1 aliphatic rings. The maximum Gasteiger partial charge on any atom is 0.346 e. The molecule has 1 aromatic carbocycles. The molecule has 2 atom stereocenters. The van der Waals surface area contributed by atoms with Crippen LogP contribution in [-0.2, 0) is 5.72 Å². The van der Waals surface area contributed by atoms with Crippen LogP contribution in [0, 0.1) is 0 Å². The number of nitrogens with one attached hydrogen (secondary N) is 1. The minimum Gasteiger partial charge on any atom is -0.367 e. The van der Waals surface area contributed by atoms with Gasteiger partial charge in [0.05, 0.1) is 0 Å². The van der Waals surface area contributed by atoms with E-state index in [9.17, 15) is 15.0 Å². The summed E-state index contributed by atoms with van der Waals surface area (Å²) in [7, 11) is 0. The average Bonchev–Trinajstić information content (AvgIpc) is 2.45. The Morgan fingerprint density at radius 3 is 2.40 bits per heavy atom. The number of carbonyl (C=O) groups excluding carboxylic acids is 1. The number of urea groups is 1. The molecule has 2 unspecified atom stereocenters. The molecule has 1 heterocycles. The highest BCUT2D eigenvalue weighted by molar-refractivity contribution is 5.77. The number of nitrogens with zero attached hydrogens (tertiary/aromatic N) is 1. The van der Waals surface area contributed by atoms with Crippen molar-refractivity contribution in [3.63, 3.8) is 0 Å². The molecule has 4 N–H and O–H groups in total. The Balaban J connectivity index is 2.40. The van der Waals surface area contributed by atoms with Crippen LogP contribution in [-0.4, -0.2) is 32.7 Å². The lowest BCUT2D eigenvalue weighted by Gasteiger charge is -2.25. The largest absolute Gasteiger partial charge is 0.367 e. The Morgan fingerprint density at radius 2 is 1.93 bits per heavy atom. The Bertz CT molecular complexity index is 383. The Hall–Kier alpha value is -1.63. The van der Waals surface area contributed by atoms with Gasteiger partial charge in [-0.15, -0.1) is 0 Å². The molecule has 1 saturated heterocycles. The van der Waals surface area contributed by atoms with Gasteiger partial charge in [0.25, 0.3) is 0 Å². The van der Waals surface area contributed by atoms with Crippen molar-refractivity contribution in [2.45, 2.75) is 12.0 Å². The van der Waals surface area contributed by atoms with E-state index in [-0.39, 0.29) is 5.06 Å². The summed E-state index contributed by atoms with van der Waals surface area (Å²) in [4.78, 5) is 11.0. The van der Waals surface area contributed by atoms with Crippen LogP contribution in [0.2, 0.25) is 0 Å². The summed E-state index contributed by atoms with van der Waals surface area (Å²) in [5, 5.41) is 30.7. The van der Waals surface area contributed by atoms with Crippen molar-refractivity contribution in [1.82, 2.24) is 10.4 Å². The molecule has 0 radical (unpaired) electrons. The third-order valence-corrected chi connectivity index (χ3v) is 2.32. The van der Waals surface area contributed by atoms with Crippen molar-refractivity contribution in [2.24, 2.45) is 0 Å². The van der Waals surface area contributed by atoms with E-state index in [4.69, 9.17) is 5.21 Å². The Labute approximate surface area is 85.3 Å². The standard InChI is InChI=1S/C9H10N2O4/c12-7-9(14,10-8(13)11(7)15)6-4-2-1-3-5-6/h1-5,7,12,14-15H,(H,10,13). The summed E-state index contributed by atoms with van der Waals surface area (Å²) in [6.07, 6.45) is -1.73. The zero-order valence-corrected chi connectivity index (χ0v) is 7.66. The molecule has 15 heavy (non-hydrogen) atoms. The molecule has 2 amide bonds. The Kier molecular flexibility index (Phi) is 2.11. The molecule has 1 aromatic rings. The van der Waals surface area contributed by atoms with Crippen LogP contribution < -0.4 is 5.32 Å². The molecule has 80 valence electrons. The number of rotatable bonds is 1. The van der Waals surface area contributed by atoms with E-state index in [1.807, 2.05) is 0 Å². The average molecular weight is 210 g/mol. The van der Waals surface area contributed by atoms with E-state index in [1.165, 1.54) is 12.1 Å². The number of hydrogen-bond acceptors (Lipinski definition) is 4. The van der Waals surface area contributed by atoms with Crippen LogP contribution in [0.1, 0.15) is 5.56 Å². The molecular formula is C9H10N2O4. The molecule has 6 nitrogen and oxygen atoms in total. The molecule has 0 aliphatic carbocycles. The smallest absolute Gasteiger partial charge is 0.346 e. The fourth-order valence-corrected chi connectivity index (χ4v) is 1.49. The summed E-state index contributed by atoms with van der Waals surface area (Å²) in [5.41, 5.74) is -1.69. The van der Waals surface area contributed by atoms with Crippen LogP contribution in [0.25, 0.3) is 0 Å². The van der Waals surface area contributed by atoms with Gasteiger partial charge in [-0.3, -0.25) is 5.21 Å². The molecule has 0 spiro atoms. The van der Waals surface area contributed by atoms with E-state index in [0.29, 0.717) is 5.56 Å². The summed E-state index contributed by atoms with van der Waals surface area (Å²) in [6.45, 7) is 0. The first-order chi connectivity index (χ1) is 7.05. The van der Waals surface area contributed by atoms with E-state index in [2.05, 4.69) is 5.32 Å². The van der Waals surface area contributed by atoms with Gasteiger partial charge in [0.1, 0.15) is 0 Å². The highest BCUT2D eigenvalue weighted by Crippen LogP contribution is 2.28. The van der Waals surface area contributed by atoms with Crippen LogP contribution in [0.5, 0.6) is 0 Å². The number of aliphatic hydroxyl groups excluding tert-OH is 1. The second-order valence-electron chi connectivity index (χ2n) is 3.28. The van der Waals surface area contributed by atoms with Crippen molar-refractivity contribution < 1.29 is 20.2 Å². The van der Waals surface area contributed by atoms with Crippen molar-refractivity contribution in [3.8, 4) is 0 Å². The predicted molar refractivity (Wildman–Crippen MR) is 48.5 cm³/mol. The Morgan fingerprint density at radius 1 is 1.33 bits per heavy atom. The summed E-state index contributed by atoms with van der Waals surface area (Å²) >= 11 is 0. The molecular weight excluding hydrogens is 200 g/mol. The molecule has 1 aliphatic heterocycles. The lowest BCUT2D eigenvalue weighted by atomic mass is 10.0. The van der Waals surface area contributed by atoms with Crippen LogP contribution in [0.3, 0.4) is 0 Å². The van der Waals surface area contributed by atoms with Crippen molar-refractivity contribution in [1.29, 1.82) is 0 Å². The minimum atomic E-state index is -1.98. The summed E-state index contributed by atoms with van der Waals surface area (Å²) in [6, 6.07) is 7.13. The second kappa shape index (κ2) is 3.20. The number of amides is 2. The molecule has 1 fully saturated rings. The quantitative estimate of drug-likeness (QED) is 0.473. The van der Waals surface area contributed by atoms with Crippen LogP contribution in [0.4, 0.5) is 4.79 Å². The number of benzene rings is 1. The summed E-state index contributed by atoms with van der Waals surface area (Å²) < 4.78 is 0. The zero-order chi connectivity index (χ0) is 11.1. The van der Waals surface area contributed by atoms with E-state index >= 15 is 0 Å². The second-order valence-corrected chi connectivity index (χ2v) is 3.28. The van der Waals surface area contributed by atoms with Gasteiger partial charge in [-0.25, -0.2) is 4.79 Å². The van der Waals surface area contributed by atoms with Crippen molar-refractivity contribution >= 4 is 6.03 Å². The monoisotopic (exact) mass is 210 g/mol. The first kappa shape index (κ1) is 9.91. The molecule has 6 heteroatoms. The number of hydroxylamine groups is 2. The molecule has 0 saturated carbocycles. The molecule has 0 bridgehead atoms. The molecule has 2 rings (SSSR count). The van der Waals surface area contributed by atoms with Crippen molar-refractivity contribution in [2.75, 3.05) is 0 Å². The van der Waals surface area contributed by atoms with Crippen LogP contribution in [0.15, 0.2) is 30.3 Å². The third-order valence-electron chi connectivity index (χ3n) is 2.32. The highest BCUT2D eigenvalue weighted by Gasteiger charge is 2.51. The van der Waals surface area contributed by atoms with Gasteiger partial charge in [-0.2, -0.15) is 5.06 Å². The lowest BCUT2D eigenvalue weighted by Crippen LogP contribution is -2.46. The highest BCUT2D eigenvalue weighted by atomic mass is 16.6. The van der Waals surface area contributed by atoms with Gasteiger partial charge in [0.2, 0.25) is 12.0 Å². The first-order valence-corrected chi connectivity index (χ1v) is 4.32. The minimum absolute atomic E-state index is 0.0486. The normalized spacial score (nSPS) is 30.5. The third kappa shape index (κ3) is 1.35. The molecule has 0 aromatic heterocycles. The lowest BCUT2D eigenvalue weighted by molar-refractivity contribution is -0.203. The fourth-order valence-electron chi connectivity index (χ4n) is 1.49. The van der Waals surface area contributed by atoms with Gasteiger partial charge < -0.3 is 15.5 Å². The van der Waals surface area contributed by atoms with Gasteiger partial charge in [0.15, 0.2) is 0 Å². The fraction of sp³-hybridized carbons (Fsp3) is 0.222. The number of aliphatic hydroxyl groups is 2. The predicted octanol–water partition coefficient (Wildman–Crippen LogP) is -0.436. The van der Waals surface area contributed by atoms with Gasteiger partial charge in [-0.05, 0) is 0 Å². The number of hydrogen-bond donors (Lipinski definition) is 4. The van der Waals surface area contributed by atoms with E-state index in [1.54, 1.807) is 18.2 Å². The SMILES string of the molecule is O=C1NC(O)(c2ccccc2)C(O)N1O. The first-order valence-electron chi connectivity index (χ1n) is 4.32. The topological polar surface area (TPSA) is 93.0 Å². The number of carbonyl (C=O) groups is 1. The van der Waals surface area contributed by atoms with E-state index < -0.39 is 18.0 Å². The van der Waals surface area contributed by atoms with Crippen molar-refractivity contribution in [3.05, 3.63) is 35.9 Å². The van der Waals surface area contributed by atoms with E-state index in [0.717, 1.165) is 0 Å². The van der Waals surface area contributed by atoms with Gasteiger partial charge in [-0.1, -0.05) is 30.3 Å². The maximum atomic E-state index is 11.0. The van der Waals surface area contributed by atoms with Crippen LogP contribution >= 0.6 is 0 Å². The van der Waals surface area contributed by atoms with Gasteiger partial charge >= 0.3 is 6.03 Å². The van der Waals surface area contributed by atoms with Gasteiger partial charge in [0, 0.05) is 5.56 Å². The maximum absolute atomic E-state index is 11.0. The zero-order valence-electron chi connectivity index (χ0n) is 7.66. The summed E-state index contributed by atoms with van der Waals surface area (Å²) in [5.74, 6) is 0.